The Morgan fingerprint density at radius 3 is 2.38 bits per heavy atom. The van der Waals surface area contributed by atoms with Gasteiger partial charge in [0, 0.05) is 6.61 Å². The molecule has 0 rings (SSSR count). The van der Waals surface area contributed by atoms with Gasteiger partial charge in [0.2, 0.25) is 0 Å². The van der Waals surface area contributed by atoms with E-state index in [0.29, 0.717) is 19.0 Å². The molecule has 0 aliphatic carbocycles. The molecule has 0 atom stereocenters. The van der Waals surface area contributed by atoms with E-state index in [4.69, 9.17) is 9.47 Å². The van der Waals surface area contributed by atoms with Gasteiger partial charge in [-0.2, -0.15) is 0 Å². The standard InChI is InChI=1S/C13H20O3/c1-4-12(3)16-10-8-6-7-9-15-11-13(14)5-2/h4-5H,1-3,6-11H2. The number of allylic oxidation sites excluding steroid dienone is 1. The van der Waals surface area contributed by atoms with Gasteiger partial charge in [0.15, 0.2) is 5.78 Å². The maximum atomic E-state index is 10.8. The minimum atomic E-state index is -0.0781. The average molecular weight is 224 g/mol. The molecule has 0 aromatic heterocycles. The summed E-state index contributed by atoms with van der Waals surface area (Å²) in [7, 11) is 0. The number of ketones is 1. The molecule has 0 aromatic carbocycles. The van der Waals surface area contributed by atoms with Crippen LogP contribution in [0.1, 0.15) is 19.3 Å². The fraction of sp³-hybridized carbons (Fsp3) is 0.462. The first-order chi connectivity index (χ1) is 7.70. The second kappa shape index (κ2) is 10.2. The van der Waals surface area contributed by atoms with E-state index in [1.807, 2.05) is 0 Å². The molecule has 0 N–H and O–H groups in total. The molecule has 0 fully saturated rings. The first-order valence-corrected chi connectivity index (χ1v) is 5.38. The molecule has 0 spiro atoms. The van der Waals surface area contributed by atoms with Crippen LogP contribution in [0.2, 0.25) is 0 Å². The lowest BCUT2D eigenvalue weighted by Gasteiger charge is -2.05. The third-order valence-corrected chi connectivity index (χ3v) is 1.92. The van der Waals surface area contributed by atoms with Gasteiger partial charge in [-0.05, 0) is 31.4 Å². The minimum Gasteiger partial charge on any atom is -0.494 e. The van der Waals surface area contributed by atoms with Crippen LogP contribution in [0.5, 0.6) is 0 Å². The Hall–Kier alpha value is -1.35. The summed E-state index contributed by atoms with van der Waals surface area (Å²) in [4.78, 5) is 10.8. The molecule has 0 saturated heterocycles. The highest BCUT2D eigenvalue weighted by Gasteiger charge is 1.95. The highest BCUT2D eigenvalue weighted by Crippen LogP contribution is 2.00. The quantitative estimate of drug-likeness (QED) is 0.234. The zero-order valence-corrected chi connectivity index (χ0v) is 9.74. The van der Waals surface area contributed by atoms with Gasteiger partial charge in [0.25, 0.3) is 0 Å². The zero-order valence-electron chi connectivity index (χ0n) is 9.74. The largest absolute Gasteiger partial charge is 0.494 e. The van der Waals surface area contributed by atoms with Crippen LogP contribution in [-0.2, 0) is 14.3 Å². The third kappa shape index (κ3) is 9.21. The second-order valence-electron chi connectivity index (χ2n) is 3.30. The summed E-state index contributed by atoms with van der Waals surface area (Å²) in [6, 6.07) is 0. The number of rotatable bonds is 11. The first kappa shape index (κ1) is 14.6. The molecule has 0 bridgehead atoms. The topological polar surface area (TPSA) is 35.5 Å². The van der Waals surface area contributed by atoms with Crippen LogP contribution in [0.3, 0.4) is 0 Å². The van der Waals surface area contributed by atoms with Crippen molar-refractivity contribution in [3.05, 3.63) is 37.6 Å². The molecule has 0 amide bonds. The van der Waals surface area contributed by atoms with Crippen LogP contribution in [-0.4, -0.2) is 25.6 Å². The van der Waals surface area contributed by atoms with Gasteiger partial charge in [-0.25, -0.2) is 0 Å². The molecule has 3 nitrogen and oxygen atoms in total. The Bertz CT molecular complexity index is 218. The predicted molar refractivity (Wildman–Crippen MR) is 65.2 cm³/mol. The van der Waals surface area contributed by atoms with E-state index in [2.05, 4.69) is 19.7 Å². The lowest BCUT2D eigenvalue weighted by molar-refractivity contribution is -0.118. The summed E-state index contributed by atoms with van der Waals surface area (Å²) < 4.78 is 10.4. The van der Waals surface area contributed by atoms with Crippen LogP contribution >= 0.6 is 0 Å². The summed E-state index contributed by atoms with van der Waals surface area (Å²) in [5, 5.41) is 0. The van der Waals surface area contributed by atoms with Gasteiger partial charge in [-0.15, -0.1) is 0 Å². The molecule has 16 heavy (non-hydrogen) atoms. The van der Waals surface area contributed by atoms with Gasteiger partial charge >= 0.3 is 0 Å². The van der Waals surface area contributed by atoms with Gasteiger partial charge < -0.3 is 9.47 Å². The van der Waals surface area contributed by atoms with Crippen molar-refractivity contribution in [3.8, 4) is 0 Å². The SMILES string of the molecule is C=CC(=C)OCCCCCOCC(=O)C=C. The van der Waals surface area contributed by atoms with Crippen LogP contribution in [0.15, 0.2) is 37.6 Å². The average Bonchev–Trinajstić information content (AvgIpc) is 2.31. The number of carbonyl (C=O) groups excluding carboxylic acids is 1. The summed E-state index contributed by atoms with van der Waals surface area (Å²) in [5.74, 6) is 0.526. The van der Waals surface area contributed by atoms with Crippen molar-refractivity contribution in [2.45, 2.75) is 19.3 Å². The van der Waals surface area contributed by atoms with Crippen LogP contribution in [0.25, 0.3) is 0 Å². The molecular formula is C13H20O3. The van der Waals surface area contributed by atoms with Crippen LogP contribution in [0, 0.1) is 0 Å². The normalized spacial score (nSPS) is 9.50. The Kier molecular flexibility index (Phi) is 9.32. The van der Waals surface area contributed by atoms with E-state index in [-0.39, 0.29) is 12.4 Å². The molecule has 3 heteroatoms. The molecule has 0 radical (unpaired) electrons. The highest BCUT2D eigenvalue weighted by atomic mass is 16.5. The Morgan fingerprint density at radius 2 is 1.75 bits per heavy atom. The molecule has 0 aromatic rings. The van der Waals surface area contributed by atoms with Gasteiger partial charge in [0.05, 0.1) is 6.61 Å². The summed E-state index contributed by atoms with van der Waals surface area (Å²) >= 11 is 0. The highest BCUT2D eigenvalue weighted by molar-refractivity contribution is 5.90. The van der Waals surface area contributed by atoms with Crippen molar-refractivity contribution in [2.75, 3.05) is 19.8 Å². The minimum absolute atomic E-state index is 0.0781. The van der Waals surface area contributed by atoms with Crippen molar-refractivity contribution < 1.29 is 14.3 Å². The number of carbonyl (C=O) groups is 1. The fourth-order valence-corrected chi connectivity index (χ4v) is 0.977. The summed E-state index contributed by atoms with van der Waals surface area (Å²) in [6.45, 7) is 11.9. The number of unbranched alkanes of at least 4 members (excludes halogenated alkanes) is 2. The second-order valence-corrected chi connectivity index (χ2v) is 3.30. The molecular weight excluding hydrogens is 204 g/mol. The van der Waals surface area contributed by atoms with E-state index in [1.165, 1.54) is 6.08 Å². The van der Waals surface area contributed by atoms with Gasteiger partial charge in [0.1, 0.15) is 12.4 Å². The van der Waals surface area contributed by atoms with Crippen molar-refractivity contribution in [3.63, 3.8) is 0 Å². The Morgan fingerprint density at radius 1 is 1.06 bits per heavy atom. The van der Waals surface area contributed by atoms with E-state index in [1.54, 1.807) is 6.08 Å². The molecule has 0 heterocycles. The third-order valence-electron chi connectivity index (χ3n) is 1.92. The molecule has 0 aliphatic heterocycles. The fourth-order valence-electron chi connectivity index (χ4n) is 0.977. The van der Waals surface area contributed by atoms with E-state index in [0.717, 1.165) is 19.3 Å². The molecule has 0 unspecified atom stereocenters. The number of ether oxygens (including phenoxy) is 2. The molecule has 0 aliphatic rings. The maximum absolute atomic E-state index is 10.8. The monoisotopic (exact) mass is 224 g/mol. The lowest BCUT2D eigenvalue weighted by atomic mass is 10.2. The van der Waals surface area contributed by atoms with E-state index < -0.39 is 0 Å². The maximum Gasteiger partial charge on any atom is 0.180 e. The van der Waals surface area contributed by atoms with Crippen molar-refractivity contribution in [1.29, 1.82) is 0 Å². The molecule has 0 saturated carbocycles. The Labute approximate surface area is 97.4 Å². The molecule has 90 valence electrons. The summed E-state index contributed by atoms with van der Waals surface area (Å²) in [5.41, 5.74) is 0. The summed E-state index contributed by atoms with van der Waals surface area (Å²) in [6.07, 6.45) is 5.74. The Balaban J connectivity index is 3.15. The van der Waals surface area contributed by atoms with Crippen LogP contribution < -0.4 is 0 Å². The van der Waals surface area contributed by atoms with E-state index >= 15 is 0 Å². The number of hydrogen-bond acceptors (Lipinski definition) is 3. The van der Waals surface area contributed by atoms with E-state index in [9.17, 15) is 4.79 Å². The predicted octanol–water partition coefficient (Wildman–Crippen LogP) is 2.64. The van der Waals surface area contributed by atoms with Crippen molar-refractivity contribution in [1.82, 2.24) is 0 Å². The van der Waals surface area contributed by atoms with Gasteiger partial charge in [-0.3, -0.25) is 4.79 Å². The van der Waals surface area contributed by atoms with Gasteiger partial charge in [-0.1, -0.05) is 19.7 Å². The smallest absolute Gasteiger partial charge is 0.180 e. The zero-order chi connectivity index (χ0) is 12.2. The lowest BCUT2D eigenvalue weighted by Crippen LogP contribution is -2.06. The first-order valence-electron chi connectivity index (χ1n) is 5.38. The number of hydrogen-bond donors (Lipinski definition) is 0. The van der Waals surface area contributed by atoms with Crippen molar-refractivity contribution >= 4 is 5.78 Å². The van der Waals surface area contributed by atoms with Crippen molar-refractivity contribution in [2.24, 2.45) is 0 Å². The van der Waals surface area contributed by atoms with Crippen LogP contribution in [0.4, 0.5) is 0 Å².